The maximum absolute atomic E-state index is 8.03. The summed E-state index contributed by atoms with van der Waals surface area (Å²) in [6.45, 7) is 6.15. The molecular formula is C8H16CoN10O4. The Morgan fingerprint density at radius 2 is 0.652 bits per heavy atom. The second kappa shape index (κ2) is 27.4. The summed E-state index contributed by atoms with van der Waals surface area (Å²) in [6.07, 6.45) is 0. The maximum Gasteiger partial charge on any atom is 2.00 e. The van der Waals surface area contributed by atoms with E-state index in [1.54, 1.807) is 0 Å². The minimum atomic E-state index is 0. The molecule has 0 fully saturated rings. The largest absolute Gasteiger partial charge is 2.00 e. The molecule has 0 aliphatic heterocycles. The van der Waals surface area contributed by atoms with Gasteiger partial charge >= 0.3 is 16.8 Å². The number of nitrogens with zero attached hydrogens (tertiary/aromatic N) is 10. The van der Waals surface area contributed by atoms with E-state index in [0.29, 0.717) is 22.8 Å². The minimum Gasteiger partial charge on any atom is -0.411 e. The van der Waals surface area contributed by atoms with Crippen molar-refractivity contribution in [2.75, 3.05) is 0 Å². The second-order valence-electron chi connectivity index (χ2n) is 2.92. The van der Waals surface area contributed by atoms with E-state index in [9.17, 15) is 0 Å². The molecule has 131 valence electrons. The van der Waals surface area contributed by atoms with Crippen LogP contribution in [0.2, 0.25) is 0 Å². The Kier molecular flexibility index (Phi) is 38.2. The van der Waals surface area contributed by atoms with Gasteiger partial charge in [0.15, 0.2) is 0 Å². The molecule has 0 aliphatic carbocycles. The Bertz CT molecular complexity index is 399. The molecule has 0 bridgehead atoms. The Labute approximate surface area is 141 Å². The third-order valence-corrected chi connectivity index (χ3v) is 1.65. The molecule has 15 heteroatoms. The first-order valence-electron chi connectivity index (χ1n) is 4.99. The fourth-order valence-electron chi connectivity index (χ4n) is 0.289. The second-order valence-corrected chi connectivity index (χ2v) is 2.92. The molecule has 23 heavy (non-hydrogen) atoms. The first kappa shape index (κ1) is 32.1. The van der Waals surface area contributed by atoms with Crippen molar-refractivity contribution in [3.8, 4) is 0 Å². The smallest absolute Gasteiger partial charge is 0.411 e. The van der Waals surface area contributed by atoms with Gasteiger partial charge in [0.1, 0.15) is 22.8 Å². The summed E-state index contributed by atoms with van der Waals surface area (Å²) in [4.78, 5) is 3.00. The van der Waals surface area contributed by atoms with Crippen LogP contribution in [0, 0.1) is 0 Å². The first-order chi connectivity index (χ1) is 10.3. The van der Waals surface area contributed by atoms with Gasteiger partial charge in [0, 0.05) is 0 Å². The van der Waals surface area contributed by atoms with Crippen LogP contribution >= 0.6 is 0 Å². The Morgan fingerprint density at radius 1 is 0.565 bits per heavy atom. The van der Waals surface area contributed by atoms with Gasteiger partial charge in [0.2, 0.25) is 0 Å². The van der Waals surface area contributed by atoms with Crippen LogP contribution < -0.4 is 0 Å². The fourth-order valence-corrected chi connectivity index (χ4v) is 0.289. The zero-order chi connectivity index (χ0) is 18.6. The first-order valence-corrected chi connectivity index (χ1v) is 4.99. The minimum absolute atomic E-state index is 0. The van der Waals surface area contributed by atoms with E-state index in [1.165, 1.54) is 37.5 Å². The summed E-state index contributed by atoms with van der Waals surface area (Å²) >= 11 is 0. The van der Waals surface area contributed by atoms with Crippen LogP contribution in [0.4, 0.5) is 0 Å². The van der Waals surface area contributed by atoms with Gasteiger partial charge in [-0.3, -0.25) is 9.82 Å². The summed E-state index contributed by atoms with van der Waals surface area (Å²) < 4.78 is 0. The van der Waals surface area contributed by atoms with E-state index in [4.69, 9.17) is 43.0 Å². The molecule has 0 aromatic heterocycles. The Hall–Kier alpha value is -2.99. The van der Waals surface area contributed by atoms with Crippen molar-refractivity contribution >= 4 is 22.8 Å². The number of oxime groups is 4. The van der Waals surface area contributed by atoms with Crippen LogP contribution in [0.25, 0.3) is 31.9 Å². The topological polar surface area (TPSA) is 248 Å². The van der Waals surface area contributed by atoms with Crippen LogP contribution in [0.15, 0.2) is 20.6 Å². The van der Waals surface area contributed by atoms with Crippen molar-refractivity contribution in [3.05, 3.63) is 31.9 Å². The van der Waals surface area contributed by atoms with Crippen molar-refractivity contribution < 1.29 is 37.6 Å². The molecule has 14 nitrogen and oxygen atoms in total. The molecule has 0 rings (SSSR count). The third-order valence-electron chi connectivity index (χ3n) is 1.65. The van der Waals surface area contributed by atoms with Crippen molar-refractivity contribution in [2.45, 2.75) is 27.7 Å². The van der Waals surface area contributed by atoms with E-state index >= 15 is 0 Å². The summed E-state index contributed by atoms with van der Waals surface area (Å²) in [5, 5.41) is 43.3. The van der Waals surface area contributed by atoms with Crippen LogP contribution in [0.1, 0.15) is 27.7 Å². The zero-order valence-corrected chi connectivity index (χ0v) is 13.6. The molecule has 0 aromatic rings. The molecule has 0 saturated carbocycles. The summed E-state index contributed by atoms with van der Waals surface area (Å²) in [7, 11) is 0. The number of hydrogen-bond acceptors (Lipinski definition) is 8. The molecular weight excluding hydrogens is 359 g/mol. The van der Waals surface area contributed by atoms with E-state index in [1.807, 2.05) is 0 Å². The fraction of sp³-hybridized carbons (Fsp3) is 0.500. The van der Waals surface area contributed by atoms with E-state index < -0.39 is 0 Å². The average Bonchev–Trinajstić information content (AvgIpc) is 2.53. The molecule has 0 unspecified atom stereocenters. The third kappa shape index (κ3) is 32.5. The Balaban J connectivity index is -0.0000000680. The summed E-state index contributed by atoms with van der Waals surface area (Å²) in [6, 6.07) is 0. The van der Waals surface area contributed by atoms with Crippen molar-refractivity contribution in [1.82, 2.24) is 0 Å². The predicted octanol–water partition coefficient (Wildman–Crippen LogP) is 3.10. The molecule has 0 saturated heterocycles. The van der Waals surface area contributed by atoms with Crippen LogP contribution in [-0.2, 0) is 16.8 Å². The average molecular weight is 375 g/mol. The molecule has 1 radical (unpaired) electrons. The molecule has 0 heterocycles. The van der Waals surface area contributed by atoms with E-state index in [2.05, 4.69) is 20.6 Å². The van der Waals surface area contributed by atoms with Crippen LogP contribution in [0.5, 0.6) is 0 Å². The number of hydrogen-bond donors (Lipinski definition) is 4. The standard InChI is InChI=1S/2C4H8N2O2.Co.2N3/c2*1-3(5-7)4(2)6-8;;2*1-3-2/h2*7-8H,1-2H3;;;/q;;+2;2*-1. The molecule has 0 atom stereocenters. The van der Waals surface area contributed by atoms with Crippen LogP contribution in [0.3, 0.4) is 0 Å². The van der Waals surface area contributed by atoms with Gasteiger partial charge in [-0.1, -0.05) is 20.6 Å². The van der Waals surface area contributed by atoms with Crippen LogP contribution in [-0.4, -0.2) is 43.7 Å². The van der Waals surface area contributed by atoms with Crippen molar-refractivity contribution in [3.63, 3.8) is 0 Å². The maximum atomic E-state index is 8.03. The van der Waals surface area contributed by atoms with Crippen molar-refractivity contribution in [2.24, 2.45) is 20.6 Å². The quantitative estimate of drug-likeness (QED) is 0.142. The normalized spacial score (nSPS) is 10.6. The van der Waals surface area contributed by atoms with Gasteiger partial charge in [-0.2, -0.15) is 0 Å². The summed E-state index contributed by atoms with van der Waals surface area (Å²) in [5.74, 6) is 0. The molecule has 0 amide bonds. The predicted molar refractivity (Wildman–Crippen MR) is 79.7 cm³/mol. The molecule has 0 aromatic carbocycles. The van der Waals surface area contributed by atoms with E-state index in [-0.39, 0.29) is 16.8 Å². The Morgan fingerprint density at radius 3 is 0.696 bits per heavy atom. The van der Waals surface area contributed by atoms with Gasteiger partial charge in [-0.05, 0) is 27.7 Å². The van der Waals surface area contributed by atoms with Gasteiger partial charge in [0.25, 0.3) is 0 Å². The molecule has 0 aliphatic rings. The van der Waals surface area contributed by atoms with Crippen molar-refractivity contribution in [1.29, 1.82) is 0 Å². The zero-order valence-electron chi connectivity index (χ0n) is 12.6. The molecule has 0 spiro atoms. The van der Waals surface area contributed by atoms with E-state index in [0.717, 1.165) is 0 Å². The van der Waals surface area contributed by atoms with Gasteiger partial charge in [-0.15, -0.1) is 0 Å². The number of rotatable bonds is 2. The summed E-state index contributed by atoms with van der Waals surface area (Å²) in [5.41, 5.74) is 28.2. The van der Waals surface area contributed by atoms with Gasteiger partial charge in [0.05, 0.1) is 0 Å². The SMILES string of the molecule is CC(=NO)C(C)=NO.CC(=NO)C(C)=NO.[Co+2].[N-]=[N+]=[N-].[N-]=[N+]=[N-]. The van der Waals surface area contributed by atoms with Gasteiger partial charge < -0.3 is 43.0 Å². The molecule has 4 N–H and O–H groups in total. The monoisotopic (exact) mass is 375 g/mol. The van der Waals surface area contributed by atoms with Gasteiger partial charge in [-0.25, -0.2) is 0 Å².